The quantitative estimate of drug-likeness (QED) is 0.434. The number of aryl methyl sites for hydroxylation is 1. The molecular formula is C23H20N4O5. The fourth-order valence-electron chi connectivity index (χ4n) is 3.05. The molecule has 2 N–H and O–H groups in total. The third kappa shape index (κ3) is 5.01. The van der Waals surface area contributed by atoms with Crippen molar-refractivity contribution in [1.29, 1.82) is 0 Å². The average Bonchev–Trinajstić information content (AvgIpc) is 3.31. The number of nitrogens with one attached hydrogen (secondary N) is 2. The highest BCUT2D eigenvalue weighted by molar-refractivity contribution is 5.93. The Morgan fingerprint density at radius 1 is 0.969 bits per heavy atom. The Balaban J connectivity index is 1.26. The Hall–Kier alpha value is -4.40. The molecule has 162 valence electrons. The molecule has 32 heavy (non-hydrogen) atoms. The second-order valence-electron chi connectivity index (χ2n) is 6.87. The number of fused-ring (bicyclic) bond motifs is 1. The minimum Gasteiger partial charge on any atom is -0.486 e. The maximum absolute atomic E-state index is 12.2. The zero-order chi connectivity index (χ0) is 22.3. The SMILES string of the molecule is O=C(CCn1ncc(=O)c2ccccc21)NNC(=O)c1ccc(COc2ccccc2)o1. The number of hydrogen-bond donors (Lipinski definition) is 2. The number of furan rings is 1. The van der Waals surface area contributed by atoms with Crippen LogP contribution in [-0.4, -0.2) is 21.6 Å². The van der Waals surface area contributed by atoms with E-state index in [4.69, 9.17) is 9.15 Å². The molecule has 4 aromatic rings. The van der Waals surface area contributed by atoms with Crippen LogP contribution >= 0.6 is 0 Å². The molecule has 4 rings (SSSR count). The fourth-order valence-corrected chi connectivity index (χ4v) is 3.05. The summed E-state index contributed by atoms with van der Waals surface area (Å²) in [7, 11) is 0. The summed E-state index contributed by atoms with van der Waals surface area (Å²) in [5, 5.41) is 4.60. The van der Waals surface area contributed by atoms with Crippen molar-refractivity contribution in [1.82, 2.24) is 20.6 Å². The first-order chi connectivity index (χ1) is 15.6. The van der Waals surface area contributed by atoms with Crippen molar-refractivity contribution >= 4 is 22.7 Å². The second kappa shape index (κ2) is 9.61. The number of nitrogens with zero attached hydrogens (tertiary/aromatic N) is 2. The number of hydrogen-bond acceptors (Lipinski definition) is 6. The number of rotatable bonds is 7. The summed E-state index contributed by atoms with van der Waals surface area (Å²) in [6.07, 6.45) is 1.27. The van der Waals surface area contributed by atoms with E-state index in [9.17, 15) is 14.4 Å². The molecule has 0 radical (unpaired) electrons. The van der Waals surface area contributed by atoms with Crippen LogP contribution in [0.1, 0.15) is 22.7 Å². The molecule has 0 aliphatic rings. The molecule has 0 atom stereocenters. The van der Waals surface area contributed by atoms with Crippen LogP contribution in [0.15, 0.2) is 82.1 Å². The standard InChI is InChI=1S/C23H20N4O5/c28-20-14-24-27(19-9-5-4-8-18(19)20)13-12-22(29)25-26-23(30)21-11-10-17(32-21)15-31-16-6-2-1-3-7-16/h1-11,14H,12-13,15H2,(H,25,29)(H,26,30). The van der Waals surface area contributed by atoms with E-state index in [1.165, 1.54) is 12.3 Å². The summed E-state index contributed by atoms with van der Waals surface area (Å²) >= 11 is 0. The second-order valence-corrected chi connectivity index (χ2v) is 6.87. The zero-order valence-corrected chi connectivity index (χ0v) is 17.0. The van der Waals surface area contributed by atoms with Crippen LogP contribution in [0.5, 0.6) is 5.75 Å². The Morgan fingerprint density at radius 3 is 2.59 bits per heavy atom. The van der Waals surface area contributed by atoms with Gasteiger partial charge >= 0.3 is 5.91 Å². The predicted molar refractivity (Wildman–Crippen MR) is 116 cm³/mol. The van der Waals surface area contributed by atoms with Crippen LogP contribution in [0.3, 0.4) is 0 Å². The predicted octanol–water partition coefficient (Wildman–Crippen LogP) is 2.42. The third-order valence-electron chi connectivity index (χ3n) is 4.64. The van der Waals surface area contributed by atoms with Gasteiger partial charge in [-0.1, -0.05) is 30.3 Å². The highest BCUT2D eigenvalue weighted by Gasteiger charge is 2.13. The molecule has 0 aliphatic heterocycles. The largest absolute Gasteiger partial charge is 0.486 e. The van der Waals surface area contributed by atoms with Crippen molar-refractivity contribution in [2.75, 3.05) is 0 Å². The lowest BCUT2D eigenvalue weighted by molar-refractivity contribution is -0.122. The number of hydrazine groups is 1. The number of carbonyl (C=O) groups is 2. The summed E-state index contributed by atoms with van der Waals surface area (Å²) < 4.78 is 12.6. The molecule has 2 amide bonds. The highest BCUT2D eigenvalue weighted by atomic mass is 16.5. The first kappa shape index (κ1) is 20.9. The number of aromatic nitrogens is 2. The number of benzene rings is 2. The Morgan fingerprint density at radius 2 is 1.75 bits per heavy atom. The lowest BCUT2D eigenvalue weighted by atomic mass is 10.2. The van der Waals surface area contributed by atoms with Crippen LogP contribution in [0.25, 0.3) is 10.9 Å². The van der Waals surface area contributed by atoms with Crippen LogP contribution in [-0.2, 0) is 17.9 Å². The van der Waals surface area contributed by atoms with Gasteiger partial charge in [0.1, 0.15) is 18.1 Å². The van der Waals surface area contributed by atoms with Gasteiger partial charge in [0.05, 0.1) is 18.3 Å². The molecule has 9 heteroatoms. The first-order valence-electron chi connectivity index (χ1n) is 9.91. The minimum absolute atomic E-state index is 0.0463. The molecule has 9 nitrogen and oxygen atoms in total. The molecule has 0 unspecified atom stereocenters. The summed E-state index contributed by atoms with van der Waals surface area (Å²) in [4.78, 5) is 36.2. The van der Waals surface area contributed by atoms with E-state index in [0.29, 0.717) is 22.4 Å². The first-order valence-corrected chi connectivity index (χ1v) is 9.91. The van der Waals surface area contributed by atoms with Crippen molar-refractivity contribution in [2.24, 2.45) is 0 Å². The van der Waals surface area contributed by atoms with E-state index >= 15 is 0 Å². The van der Waals surface area contributed by atoms with Gasteiger partial charge in [-0.15, -0.1) is 0 Å². The van der Waals surface area contributed by atoms with Gasteiger partial charge in [-0.05, 0) is 36.4 Å². The van der Waals surface area contributed by atoms with Crippen molar-refractivity contribution in [3.63, 3.8) is 0 Å². The Kier molecular flexibility index (Phi) is 6.26. The molecule has 2 heterocycles. The molecule has 0 saturated heterocycles. The van der Waals surface area contributed by atoms with Gasteiger partial charge in [-0.3, -0.25) is 29.9 Å². The lowest BCUT2D eigenvalue weighted by Crippen LogP contribution is -2.41. The lowest BCUT2D eigenvalue weighted by Gasteiger charge is -2.09. The number of amides is 2. The molecule has 0 spiro atoms. The topological polar surface area (TPSA) is 115 Å². The highest BCUT2D eigenvalue weighted by Crippen LogP contribution is 2.14. The number of ether oxygens (including phenoxy) is 1. The maximum atomic E-state index is 12.2. The summed E-state index contributed by atoms with van der Waals surface area (Å²) in [5.41, 5.74) is 5.12. The summed E-state index contributed by atoms with van der Waals surface area (Å²) in [6, 6.07) is 19.4. The van der Waals surface area contributed by atoms with Gasteiger partial charge in [0.2, 0.25) is 11.3 Å². The zero-order valence-electron chi connectivity index (χ0n) is 17.0. The molecule has 2 aromatic heterocycles. The number of para-hydroxylation sites is 2. The molecule has 0 aliphatic carbocycles. The van der Waals surface area contributed by atoms with Gasteiger partial charge in [-0.2, -0.15) is 5.10 Å². The smallest absolute Gasteiger partial charge is 0.305 e. The van der Waals surface area contributed by atoms with Gasteiger partial charge in [0.15, 0.2) is 5.76 Å². The Bertz CT molecular complexity index is 1300. The van der Waals surface area contributed by atoms with Crippen molar-refractivity contribution in [3.05, 3.63) is 94.7 Å². The van der Waals surface area contributed by atoms with Gasteiger partial charge in [0.25, 0.3) is 0 Å². The monoisotopic (exact) mass is 432 g/mol. The summed E-state index contributed by atoms with van der Waals surface area (Å²) in [6.45, 7) is 0.411. The third-order valence-corrected chi connectivity index (χ3v) is 4.64. The molecule has 0 bridgehead atoms. The minimum atomic E-state index is -0.587. The van der Waals surface area contributed by atoms with Crippen LogP contribution in [0.2, 0.25) is 0 Å². The van der Waals surface area contributed by atoms with E-state index in [0.717, 1.165) is 0 Å². The van der Waals surface area contributed by atoms with E-state index in [2.05, 4.69) is 16.0 Å². The molecule has 0 saturated carbocycles. The summed E-state index contributed by atoms with van der Waals surface area (Å²) in [5.74, 6) is 0.206. The van der Waals surface area contributed by atoms with E-state index < -0.39 is 11.8 Å². The average molecular weight is 432 g/mol. The van der Waals surface area contributed by atoms with Crippen molar-refractivity contribution in [2.45, 2.75) is 19.6 Å². The molecule has 2 aromatic carbocycles. The Labute approximate surface area is 182 Å². The molecule has 0 fully saturated rings. The van der Waals surface area contributed by atoms with Gasteiger partial charge in [-0.25, -0.2) is 0 Å². The molecular weight excluding hydrogens is 412 g/mol. The van der Waals surface area contributed by atoms with Crippen LogP contribution < -0.4 is 21.0 Å². The van der Waals surface area contributed by atoms with E-state index in [1.54, 1.807) is 35.0 Å². The maximum Gasteiger partial charge on any atom is 0.305 e. The normalized spacial score (nSPS) is 10.6. The van der Waals surface area contributed by atoms with Gasteiger partial charge < -0.3 is 9.15 Å². The van der Waals surface area contributed by atoms with Crippen LogP contribution in [0, 0.1) is 0 Å². The van der Waals surface area contributed by atoms with Gasteiger partial charge in [0, 0.05) is 11.8 Å². The van der Waals surface area contributed by atoms with E-state index in [-0.39, 0.29) is 30.8 Å². The van der Waals surface area contributed by atoms with Crippen molar-refractivity contribution < 1.29 is 18.7 Å². The number of carbonyl (C=O) groups excluding carboxylic acids is 2. The van der Waals surface area contributed by atoms with Crippen molar-refractivity contribution in [3.8, 4) is 5.75 Å². The fraction of sp³-hybridized carbons (Fsp3) is 0.130. The van der Waals surface area contributed by atoms with Crippen LogP contribution in [0.4, 0.5) is 0 Å². The van der Waals surface area contributed by atoms with E-state index in [1.807, 2.05) is 30.3 Å².